The number of ketones is 1. The van der Waals surface area contributed by atoms with Crippen molar-refractivity contribution < 1.29 is 38.6 Å². The van der Waals surface area contributed by atoms with E-state index < -0.39 is 34.5 Å². The van der Waals surface area contributed by atoms with Crippen molar-refractivity contribution in [3.8, 4) is 0 Å². The average Bonchev–Trinajstić information content (AvgIpc) is 3.38. The zero-order valence-electron chi connectivity index (χ0n) is 36.6. The van der Waals surface area contributed by atoms with E-state index >= 15 is 4.79 Å². The first kappa shape index (κ1) is 42.7. The summed E-state index contributed by atoms with van der Waals surface area (Å²) < 4.78 is 11.7. The smallest absolute Gasteiger partial charge is 0.407 e. The molecule has 2 amide bonds. The Labute approximate surface area is 336 Å². The highest BCUT2D eigenvalue weighted by Gasteiger charge is 2.71. The van der Waals surface area contributed by atoms with Gasteiger partial charge in [0.1, 0.15) is 11.7 Å². The number of esters is 1. The highest BCUT2D eigenvalue weighted by molar-refractivity contribution is 6.07. The van der Waals surface area contributed by atoms with Crippen LogP contribution in [0.1, 0.15) is 160 Å². The number of likely N-dealkylation sites (tertiary alicyclic amines) is 1. The van der Waals surface area contributed by atoms with Crippen molar-refractivity contribution in [1.82, 2.24) is 10.2 Å². The Morgan fingerprint density at radius 3 is 2.07 bits per heavy atom. The Balaban J connectivity index is 1.24. The number of allylic oxidation sites excluding steroid dienone is 1. The van der Waals surface area contributed by atoms with Gasteiger partial charge in [0.2, 0.25) is 5.91 Å². The summed E-state index contributed by atoms with van der Waals surface area (Å²) in [5.74, 6) is -0.208. The van der Waals surface area contributed by atoms with Gasteiger partial charge in [-0.1, -0.05) is 48.5 Å². The quantitative estimate of drug-likeness (QED) is 0.244. The number of carboxylic acids is 1. The molecule has 0 aromatic heterocycles. The molecule has 1 heterocycles. The molecular formula is C46H72N2O8. The van der Waals surface area contributed by atoms with E-state index in [1.807, 2.05) is 25.7 Å². The molecule has 5 aliphatic carbocycles. The van der Waals surface area contributed by atoms with Crippen LogP contribution in [0.2, 0.25) is 0 Å². The Morgan fingerprint density at radius 2 is 1.48 bits per heavy atom. The maximum absolute atomic E-state index is 15.0. The number of ether oxygens (including phenoxy) is 2. The van der Waals surface area contributed by atoms with Gasteiger partial charge in [-0.3, -0.25) is 19.2 Å². The van der Waals surface area contributed by atoms with Crippen LogP contribution in [0.15, 0.2) is 11.1 Å². The summed E-state index contributed by atoms with van der Waals surface area (Å²) in [5.41, 5.74) is -0.826. The first-order valence-electron chi connectivity index (χ1n) is 21.7. The highest BCUT2D eigenvalue weighted by Crippen LogP contribution is 2.77. The van der Waals surface area contributed by atoms with Crippen LogP contribution in [-0.4, -0.2) is 70.6 Å². The number of piperidine rings is 1. The third-order valence-electron chi connectivity index (χ3n) is 16.7. The third kappa shape index (κ3) is 6.82. The predicted molar refractivity (Wildman–Crippen MR) is 214 cm³/mol. The first-order chi connectivity index (χ1) is 25.7. The molecule has 8 atom stereocenters. The van der Waals surface area contributed by atoms with E-state index in [0.717, 1.165) is 56.1 Å². The SMILES string of the molecule is CC(C)C1=C2[C@H]3CC[C@@H]4[C@@]5(C)CC[C@H](OC(=O)CC(C)(C)C(=O)O)C(C)(C)[C@@H]5CC[C@@]4(C)[C@]3(C)CC[C@@]2(C(=O)N2CCC(NC(=O)OC(C)(C)C)CC2)CC1=O. The van der Waals surface area contributed by atoms with Gasteiger partial charge < -0.3 is 24.8 Å². The van der Waals surface area contributed by atoms with Crippen molar-refractivity contribution in [2.45, 2.75) is 178 Å². The normalized spacial score (nSPS) is 37.2. The molecule has 0 spiro atoms. The summed E-state index contributed by atoms with van der Waals surface area (Å²) in [7, 11) is 0. The summed E-state index contributed by atoms with van der Waals surface area (Å²) in [6.07, 6.45) is 8.07. The fourth-order valence-electron chi connectivity index (χ4n) is 13.7. The number of nitrogens with zero attached hydrogens (tertiary/aromatic N) is 1. The number of carbonyl (C=O) groups excluding carboxylic acids is 4. The topological polar surface area (TPSA) is 139 Å². The number of carbonyl (C=O) groups is 5. The van der Waals surface area contributed by atoms with E-state index in [1.165, 1.54) is 0 Å². The van der Waals surface area contributed by atoms with E-state index in [2.05, 4.69) is 53.8 Å². The average molecular weight is 781 g/mol. The summed E-state index contributed by atoms with van der Waals surface area (Å²) >= 11 is 0. The Morgan fingerprint density at radius 1 is 0.839 bits per heavy atom. The van der Waals surface area contributed by atoms with Crippen LogP contribution >= 0.6 is 0 Å². The second-order valence-electron chi connectivity index (χ2n) is 22.2. The molecule has 4 saturated carbocycles. The van der Waals surface area contributed by atoms with Gasteiger partial charge in [0.25, 0.3) is 0 Å². The van der Waals surface area contributed by atoms with Crippen molar-refractivity contribution in [1.29, 1.82) is 0 Å². The zero-order valence-corrected chi connectivity index (χ0v) is 36.6. The van der Waals surface area contributed by atoms with E-state index in [9.17, 15) is 24.3 Å². The number of aliphatic carboxylic acids is 1. The molecule has 0 bridgehead atoms. The van der Waals surface area contributed by atoms with Crippen molar-refractivity contribution in [3.05, 3.63) is 11.1 Å². The van der Waals surface area contributed by atoms with E-state index in [4.69, 9.17) is 9.47 Å². The molecule has 0 aromatic carbocycles. The predicted octanol–water partition coefficient (Wildman–Crippen LogP) is 8.90. The van der Waals surface area contributed by atoms with Crippen LogP contribution < -0.4 is 5.32 Å². The van der Waals surface area contributed by atoms with Gasteiger partial charge >= 0.3 is 18.0 Å². The first-order valence-corrected chi connectivity index (χ1v) is 21.7. The molecule has 56 heavy (non-hydrogen) atoms. The van der Waals surface area contributed by atoms with E-state index in [-0.39, 0.29) is 70.2 Å². The lowest BCUT2D eigenvalue weighted by atomic mass is 9.33. The molecule has 2 N–H and O–H groups in total. The Hall–Kier alpha value is -2.91. The fraction of sp³-hybridized carbons (Fsp3) is 0.848. The van der Waals surface area contributed by atoms with Crippen LogP contribution in [0.5, 0.6) is 0 Å². The van der Waals surface area contributed by atoms with Crippen LogP contribution in [0.25, 0.3) is 0 Å². The summed E-state index contributed by atoms with van der Waals surface area (Å²) in [5, 5.41) is 12.6. The number of carboxylic acid groups (broad SMARTS) is 1. The van der Waals surface area contributed by atoms with Crippen LogP contribution in [-0.2, 0) is 28.7 Å². The number of fused-ring (bicyclic) bond motifs is 7. The summed E-state index contributed by atoms with van der Waals surface area (Å²) in [4.78, 5) is 68.6. The van der Waals surface area contributed by atoms with Gasteiger partial charge in [-0.05, 0) is 150 Å². The van der Waals surface area contributed by atoms with Gasteiger partial charge in [0.15, 0.2) is 5.78 Å². The van der Waals surface area contributed by atoms with Gasteiger partial charge in [0.05, 0.1) is 17.3 Å². The van der Waals surface area contributed by atoms with Crippen LogP contribution in [0.3, 0.4) is 0 Å². The molecule has 10 heteroatoms. The maximum atomic E-state index is 15.0. The fourth-order valence-corrected chi connectivity index (χ4v) is 13.7. The molecular weight excluding hydrogens is 709 g/mol. The number of rotatable bonds is 7. The Bertz CT molecular complexity index is 1660. The van der Waals surface area contributed by atoms with Crippen LogP contribution in [0.4, 0.5) is 4.79 Å². The lowest BCUT2D eigenvalue weighted by Gasteiger charge is -2.72. The second kappa shape index (κ2) is 14.1. The molecule has 10 nitrogen and oxygen atoms in total. The minimum absolute atomic E-state index is 0.00607. The van der Waals surface area contributed by atoms with Crippen LogP contribution in [0, 0.1) is 56.2 Å². The maximum Gasteiger partial charge on any atom is 0.407 e. The summed E-state index contributed by atoms with van der Waals surface area (Å²) in [6.45, 7) is 26.1. The molecule has 1 aliphatic heterocycles. The van der Waals surface area contributed by atoms with E-state index in [0.29, 0.717) is 44.2 Å². The molecule has 0 radical (unpaired) electrons. The highest BCUT2D eigenvalue weighted by atomic mass is 16.6. The van der Waals surface area contributed by atoms with Crippen molar-refractivity contribution in [2.75, 3.05) is 13.1 Å². The zero-order chi connectivity index (χ0) is 41.6. The lowest BCUT2D eigenvalue weighted by molar-refractivity contribution is -0.233. The monoisotopic (exact) mass is 781 g/mol. The standard InChI is InChI=1S/C46H72N2O8/c1-27(2)35-30(49)25-46(37(51)48-23-17-28(18-24-48)47-39(54)56-40(3,4)5)22-21-44(11)29(36(35)46)13-14-32-43(10)19-16-33(55-34(50)26-41(6,7)38(52)53)42(8,9)31(43)15-20-45(32,44)12/h27-29,31-33H,13-26H2,1-12H3,(H,47,54)(H,52,53)/t29-,31+,32-,33+,43+,44-,45-,46-/m1/s1. The Kier molecular flexibility index (Phi) is 10.8. The number of Topliss-reactive ketones (excluding diaryl/α,β-unsaturated/α-hetero) is 1. The number of hydrogen-bond acceptors (Lipinski definition) is 7. The number of amides is 2. The number of hydrogen-bond donors (Lipinski definition) is 2. The van der Waals surface area contributed by atoms with Gasteiger partial charge in [-0.2, -0.15) is 0 Å². The molecule has 314 valence electrons. The molecule has 0 aromatic rings. The third-order valence-corrected chi connectivity index (χ3v) is 16.7. The summed E-state index contributed by atoms with van der Waals surface area (Å²) in [6, 6.07) is -0.0598. The number of alkyl carbamates (subject to hydrolysis) is 1. The minimum atomic E-state index is -1.18. The molecule has 5 fully saturated rings. The second-order valence-corrected chi connectivity index (χ2v) is 22.2. The molecule has 0 unspecified atom stereocenters. The van der Waals surface area contributed by atoms with Gasteiger partial charge in [-0.25, -0.2) is 4.79 Å². The van der Waals surface area contributed by atoms with Crippen molar-refractivity contribution >= 4 is 29.7 Å². The molecule has 1 saturated heterocycles. The largest absolute Gasteiger partial charge is 0.481 e. The lowest BCUT2D eigenvalue weighted by Crippen LogP contribution is -2.66. The van der Waals surface area contributed by atoms with Gasteiger partial charge in [0, 0.05) is 31.0 Å². The molecule has 6 rings (SSSR count). The van der Waals surface area contributed by atoms with Crippen molar-refractivity contribution in [2.24, 2.45) is 56.2 Å². The minimum Gasteiger partial charge on any atom is -0.481 e. The van der Waals surface area contributed by atoms with E-state index in [1.54, 1.807) is 13.8 Å². The molecule has 6 aliphatic rings. The van der Waals surface area contributed by atoms with Crippen molar-refractivity contribution in [3.63, 3.8) is 0 Å². The number of nitrogens with one attached hydrogen (secondary N) is 1. The van der Waals surface area contributed by atoms with Gasteiger partial charge in [-0.15, -0.1) is 0 Å².